The van der Waals surface area contributed by atoms with Gasteiger partial charge >= 0.3 is 0 Å². The van der Waals surface area contributed by atoms with Gasteiger partial charge in [-0.25, -0.2) is 0 Å². The van der Waals surface area contributed by atoms with Crippen LogP contribution in [0.2, 0.25) is 0 Å². The lowest BCUT2D eigenvalue weighted by molar-refractivity contribution is -0.138. The first-order valence-electron chi connectivity index (χ1n) is 7.36. The monoisotopic (exact) mass is 295 g/mol. The van der Waals surface area contributed by atoms with E-state index >= 15 is 0 Å². The molecule has 1 saturated heterocycles. The van der Waals surface area contributed by atoms with Gasteiger partial charge in [0, 0.05) is 7.05 Å². The molecule has 0 spiro atoms. The van der Waals surface area contributed by atoms with E-state index in [0.29, 0.717) is 18.4 Å². The van der Waals surface area contributed by atoms with Crippen LogP contribution in [0.15, 0.2) is 48.1 Å². The van der Waals surface area contributed by atoms with Crippen molar-refractivity contribution >= 4 is 23.7 Å². The fourth-order valence-electron chi connectivity index (χ4n) is 3.08. The SMILES string of the molecule is CN1C(=O)[C@H]2CC(C(=O)/C=C/c3ccccc3)=CC[C@H]2C1=O. The molecule has 1 aromatic carbocycles. The second-order valence-corrected chi connectivity index (χ2v) is 5.73. The van der Waals surface area contributed by atoms with Crippen LogP contribution in [0, 0.1) is 11.8 Å². The zero-order valence-electron chi connectivity index (χ0n) is 12.4. The standard InChI is InChI=1S/C18H17NO3/c1-19-17(21)14-9-8-13(11-15(14)18(19)22)16(20)10-7-12-5-3-2-4-6-12/h2-8,10,14-15H,9,11H2,1H3/b10-7+/t14-,15+/m1/s1. The maximum atomic E-state index is 12.3. The summed E-state index contributed by atoms with van der Waals surface area (Å²) in [7, 11) is 1.51. The highest BCUT2D eigenvalue weighted by Gasteiger charge is 2.47. The van der Waals surface area contributed by atoms with E-state index in [9.17, 15) is 14.4 Å². The van der Waals surface area contributed by atoms with Gasteiger partial charge in [0.05, 0.1) is 11.8 Å². The molecule has 0 radical (unpaired) electrons. The van der Waals surface area contributed by atoms with Crippen LogP contribution in [-0.2, 0) is 14.4 Å². The Labute approximate surface area is 129 Å². The van der Waals surface area contributed by atoms with Crippen molar-refractivity contribution in [1.82, 2.24) is 4.90 Å². The van der Waals surface area contributed by atoms with Crippen LogP contribution in [0.3, 0.4) is 0 Å². The van der Waals surface area contributed by atoms with Crippen molar-refractivity contribution in [1.29, 1.82) is 0 Å². The maximum absolute atomic E-state index is 12.3. The molecule has 0 bridgehead atoms. The van der Waals surface area contributed by atoms with Crippen molar-refractivity contribution < 1.29 is 14.4 Å². The van der Waals surface area contributed by atoms with Crippen molar-refractivity contribution in [3.8, 4) is 0 Å². The minimum atomic E-state index is -0.369. The summed E-state index contributed by atoms with van der Waals surface area (Å²) in [5, 5.41) is 0. The summed E-state index contributed by atoms with van der Waals surface area (Å²) >= 11 is 0. The van der Waals surface area contributed by atoms with Gasteiger partial charge in [-0.2, -0.15) is 0 Å². The Morgan fingerprint density at radius 2 is 1.82 bits per heavy atom. The molecular weight excluding hydrogens is 278 g/mol. The predicted octanol–water partition coefficient (Wildman–Crippen LogP) is 2.22. The summed E-state index contributed by atoms with van der Waals surface area (Å²) in [5.74, 6) is -1.03. The van der Waals surface area contributed by atoms with E-state index in [-0.39, 0.29) is 29.4 Å². The Bertz CT molecular complexity index is 688. The van der Waals surface area contributed by atoms with E-state index in [1.54, 1.807) is 6.08 Å². The van der Waals surface area contributed by atoms with Gasteiger partial charge in [0.2, 0.25) is 11.8 Å². The number of likely N-dealkylation sites (tertiary alicyclic amines) is 1. The fraction of sp³-hybridized carbons (Fsp3) is 0.278. The molecule has 22 heavy (non-hydrogen) atoms. The second kappa shape index (κ2) is 5.72. The third kappa shape index (κ3) is 2.52. The summed E-state index contributed by atoms with van der Waals surface area (Å²) in [4.78, 5) is 37.4. The first-order chi connectivity index (χ1) is 10.6. The molecule has 4 nitrogen and oxygen atoms in total. The van der Waals surface area contributed by atoms with Gasteiger partial charge in [-0.3, -0.25) is 19.3 Å². The zero-order chi connectivity index (χ0) is 15.7. The molecule has 0 N–H and O–H groups in total. The lowest BCUT2D eigenvalue weighted by Gasteiger charge is -2.20. The molecule has 3 rings (SSSR count). The van der Waals surface area contributed by atoms with E-state index in [4.69, 9.17) is 0 Å². The summed E-state index contributed by atoms with van der Waals surface area (Å²) in [6, 6.07) is 9.58. The van der Waals surface area contributed by atoms with E-state index in [0.717, 1.165) is 5.56 Å². The summed E-state index contributed by atoms with van der Waals surface area (Å²) < 4.78 is 0. The molecule has 1 aliphatic carbocycles. The van der Waals surface area contributed by atoms with Crippen molar-refractivity contribution in [2.45, 2.75) is 12.8 Å². The molecule has 1 fully saturated rings. The number of amides is 2. The Balaban J connectivity index is 1.73. The number of allylic oxidation sites excluding steroid dienone is 3. The second-order valence-electron chi connectivity index (χ2n) is 5.73. The van der Waals surface area contributed by atoms with Crippen LogP contribution in [0.5, 0.6) is 0 Å². The molecule has 2 atom stereocenters. The third-order valence-corrected chi connectivity index (χ3v) is 4.38. The van der Waals surface area contributed by atoms with E-state index in [1.807, 2.05) is 36.4 Å². The lowest BCUT2D eigenvalue weighted by atomic mass is 9.80. The predicted molar refractivity (Wildman–Crippen MR) is 82.6 cm³/mol. The number of carbonyl (C=O) groups is 3. The average molecular weight is 295 g/mol. The number of imide groups is 1. The quantitative estimate of drug-likeness (QED) is 0.634. The smallest absolute Gasteiger partial charge is 0.233 e. The van der Waals surface area contributed by atoms with Gasteiger partial charge in [-0.15, -0.1) is 0 Å². The Morgan fingerprint density at radius 1 is 1.14 bits per heavy atom. The molecule has 0 unspecified atom stereocenters. The molecule has 112 valence electrons. The van der Waals surface area contributed by atoms with Crippen LogP contribution >= 0.6 is 0 Å². The number of carbonyl (C=O) groups excluding carboxylic acids is 3. The van der Waals surface area contributed by atoms with E-state index < -0.39 is 0 Å². The molecule has 2 aliphatic rings. The summed E-state index contributed by atoms with van der Waals surface area (Å²) in [5.41, 5.74) is 1.59. The largest absolute Gasteiger partial charge is 0.290 e. The van der Waals surface area contributed by atoms with Crippen molar-refractivity contribution in [2.24, 2.45) is 11.8 Å². The highest BCUT2D eigenvalue weighted by Crippen LogP contribution is 2.37. The van der Waals surface area contributed by atoms with Crippen molar-refractivity contribution in [2.75, 3.05) is 7.05 Å². The molecule has 2 amide bonds. The van der Waals surface area contributed by atoms with Crippen LogP contribution in [0.1, 0.15) is 18.4 Å². The molecular formula is C18H17NO3. The first kappa shape index (κ1) is 14.4. The van der Waals surface area contributed by atoms with E-state index in [1.165, 1.54) is 18.0 Å². The fourth-order valence-corrected chi connectivity index (χ4v) is 3.08. The average Bonchev–Trinajstić information content (AvgIpc) is 2.78. The number of benzene rings is 1. The molecule has 1 heterocycles. The van der Waals surface area contributed by atoms with Gasteiger partial charge < -0.3 is 0 Å². The van der Waals surface area contributed by atoms with Gasteiger partial charge in [0.25, 0.3) is 0 Å². The number of ketones is 1. The van der Waals surface area contributed by atoms with Crippen LogP contribution in [-0.4, -0.2) is 29.5 Å². The normalized spacial score (nSPS) is 24.6. The minimum absolute atomic E-state index is 0.0860. The van der Waals surface area contributed by atoms with Gasteiger partial charge in [-0.05, 0) is 30.1 Å². The summed E-state index contributed by atoms with van der Waals surface area (Å²) in [6.45, 7) is 0. The Hall–Kier alpha value is -2.49. The lowest BCUT2D eigenvalue weighted by Crippen LogP contribution is -2.26. The molecule has 1 aromatic rings. The van der Waals surface area contributed by atoms with Crippen molar-refractivity contribution in [3.63, 3.8) is 0 Å². The van der Waals surface area contributed by atoms with Gasteiger partial charge in [0.1, 0.15) is 0 Å². The van der Waals surface area contributed by atoms with E-state index in [2.05, 4.69) is 0 Å². The third-order valence-electron chi connectivity index (χ3n) is 4.38. The number of rotatable bonds is 3. The topological polar surface area (TPSA) is 54.5 Å². The summed E-state index contributed by atoms with van der Waals surface area (Å²) in [6.07, 6.45) is 5.94. The molecule has 4 heteroatoms. The highest BCUT2D eigenvalue weighted by molar-refractivity contribution is 6.09. The van der Waals surface area contributed by atoms with Crippen LogP contribution in [0.4, 0.5) is 0 Å². The van der Waals surface area contributed by atoms with Gasteiger partial charge in [0.15, 0.2) is 5.78 Å². The number of fused-ring (bicyclic) bond motifs is 1. The van der Waals surface area contributed by atoms with Crippen molar-refractivity contribution in [3.05, 3.63) is 53.6 Å². The molecule has 0 saturated carbocycles. The number of hydrogen-bond acceptors (Lipinski definition) is 3. The maximum Gasteiger partial charge on any atom is 0.233 e. The zero-order valence-corrected chi connectivity index (χ0v) is 12.4. The van der Waals surface area contributed by atoms with Gasteiger partial charge in [-0.1, -0.05) is 42.5 Å². The molecule has 0 aromatic heterocycles. The van der Waals surface area contributed by atoms with Crippen LogP contribution < -0.4 is 0 Å². The number of nitrogens with zero attached hydrogens (tertiary/aromatic N) is 1. The number of hydrogen-bond donors (Lipinski definition) is 0. The Morgan fingerprint density at radius 3 is 2.55 bits per heavy atom. The minimum Gasteiger partial charge on any atom is -0.290 e. The molecule has 1 aliphatic heterocycles. The van der Waals surface area contributed by atoms with Crippen LogP contribution in [0.25, 0.3) is 6.08 Å². The highest BCUT2D eigenvalue weighted by atomic mass is 16.2. The Kier molecular flexibility index (Phi) is 3.75. The first-order valence-corrected chi connectivity index (χ1v) is 7.36.